The van der Waals surface area contributed by atoms with Crippen LogP contribution < -0.4 is 10.6 Å². The van der Waals surface area contributed by atoms with Crippen molar-refractivity contribution in [3.63, 3.8) is 0 Å². The van der Waals surface area contributed by atoms with Crippen molar-refractivity contribution < 1.29 is 19.5 Å². The number of hydrogen-bond donors (Lipinski definition) is 3. The molecule has 0 unspecified atom stereocenters. The minimum absolute atomic E-state index is 0.128. The normalized spacial score (nSPS) is 11.8. The minimum atomic E-state index is -1.09. The van der Waals surface area contributed by atoms with Gasteiger partial charge in [0.2, 0.25) is 5.91 Å². The molecule has 0 aliphatic rings. The molecular weight excluding hydrogens is 354 g/mol. The fourth-order valence-electron chi connectivity index (χ4n) is 1.74. The Hall–Kier alpha value is -1.96. The molecule has 120 valence electrons. The number of nitrogens with one attached hydrogen (secondary N) is 2. The van der Waals surface area contributed by atoms with E-state index >= 15 is 0 Å². The molecule has 0 aliphatic heterocycles. The number of halogens is 1. The lowest BCUT2D eigenvalue weighted by molar-refractivity contribution is -0.142. The molecule has 1 rings (SSSR count). The van der Waals surface area contributed by atoms with Gasteiger partial charge in [0.05, 0.1) is 12.1 Å². The second kappa shape index (κ2) is 8.47. The zero-order chi connectivity index (χ0) is 16.7. The highest BCUT2D eigenvalue weighted by Crippen LogP contribution is 2.09. The van der Waals surface area contributed by atoms with E-state index in [2.05, 4.69) is 31.5 Å². The number of nitrogens with zero attached hydrogens (tertiary/aromatic N) is 1. The molecule has 0 aliphatic carbocycles. The summed E-state index contributed by atoms with van der Waals surface area (Å²) in [5, 5.41) is 13.8. The Morgan fingerprint density at radius 1 is 1.32 bits per heavy atom. The molecule has 8 heteroatoms. The zero-order valence-electron chi connectivity index (χ0n) is 12.3. The van der Waals surface area contributed by atoms with Crippen molar-refractivity contribution in [2.45, 2.75) is 26.3 Å². The summed E-state index contributed by atoms with van der Waals surface area (Å²) in [7, 11) is 0. The summed E-state index contributed by atoms with van der Waals surface area (Å²) in [4.78, 5) is 38.5. The smallest absolute Gasteiger partial charge is 0.326 e. The van der Waals surface area contributed by atoms with Gasteiger partial charge in [0.1, 0.15) is 6.04 Å². The van der Waals surface area contributed by atoms with Crippen LogP contribution in [0.25, 0.3) is 0 Å². The van der Waals surface area contributed by atoms with Crippen LogP contribution in [0.4, 0.5) is 0 Å². The van der Waals surface area contributed by atoms with Crippen molar-refractivity contribution in [2.24, 2.45) is 5.92 Å². The van der Waals surface area contributed by atoms with E-state index < -0.39 is 23.8 Å². The van der Waals surface area contributed by atoms with E-state index in [-0.39, 0.29) is 12.5 Å². The number of aromatic nitrogens is 1. The lowest BCUT2D eigenvalue weighted by atomic mass is 10.0. The quantitative estimate of drug-likeness (QED) is 0.666. The van der Waals surface area contributed by atoms with Crippen molar-refractivity contribution in [3.05, 3.63) is 28.5 Å². The largest absolute Gasteiger partial charge is 0.480 e. The molecule has 0 saturated carbocycles. The van der Waals surface area contributed by atoms with E-state index in [0.717, 1.165) is 0 Å². The molecule has 1 atom stereocenters. The predicted molar refractivity (Wildman–Crippen MR) is 83.3 cm³/mol. The molecule has 0 aromatic carbocycles. The van der Waals surface area contributed by atoms with E-state index in [1.807, 2.05) is 13.8 Å². The molecule has 0 bridgehead atoms. The molecule has 0 spiro atoms. The van der Waals surface area contributed by atoms with Gasteiger partial charge in [0, 0.05) is 16.9 Å². The van der Waals surface area contributed by atoms with Crippen molar-refractivity contribution in [3.8, 4) is 0 Å². The van der Waals surface area contributed by atoms with Crippen LogP contribution in [-0.2, 0) is 9.59 Å². The highest BCUT2D eigenvalue weighted by atomic mass is 79.9. The van der Waals surface area contributed by atoms with Gasteiger partial charge in [-0.2, -0.15) is 0 Å². The third-order valence-corrected chi connectivity index (χ3v) is 3.15. The maximum Gasteiger partial charge on any atom is 0.326 e. The molecule has 0 fully saturated rings. The standard InChI is InChI=1S/C14H18BrN3O4/c1-8(2)3-11(14(21)22)18-12(19)7-17-13(20)9-4-10(15)6-16-5-9/h4-6,8,11H,3,7H2,1-2H3,(H,17,20)(H,18,19)(H,21,22)/t11-/m0/s1. The first kappa shape index (κ1) is 18.1. The number of carboxylic acids is 1. The molecule has 1 heterocycles. The SMILES string of the molecule is CC(C)C[C@H](NC(=O)CNC(=O)c1cncc(Br)c1)C(=O)O. The number of hydrogen-bond acceptors (Lipinski definition) is 4. The summed E-state index contributed by atoms with van der Waals surface area (Å²) in [5.41, 5.74) is 0.305. The Morgan fingerprint density at radius 3 is 2.55 bits per heavy atom. The fraction of sp³-hybridized carbons (Fsp3) is 0.429. The third-order valence-electron chi connectivity index (χ3n) is 2.72. The maximum absolute atomic E-state index is 11.8. The lowest BCUT2D eigenvalue weighted by Gasteiger charge is -2.16. The molecule has 0 radical (unpaired) electrons. The molecule has 1 aromatic heterocycles. The second-order valence-corrected chi connectivity index (χ2v) is 6.08. The highest BCUT2D eigenvalue weighted by molar-refractivity contribution is 9.10. The number of carbonyl (C=O) groups is 3. The van der Waals surface area contributed by atoms with Crippen LogP contribution in [0, 0.1) is 5.92 Å². The highest BCUT2D eigenvalue weighted by Gasteiger charge is 2.21. The summed E-state index contributed by atoms with van der Waals surface area (Å²) in [6.45, 7) is 3.43. The molecule has 2 amide bonds. The first-order chi connectivity index (χ1) is 10.3. The first-order valence-electron chi connectivity index (χ1n) is 6.70. The van der Waals surface area contributed by atoms with Crippen LogP contribution in [0.2, 0.25) is 0 Å². The van der Waals surface area contributed by atoms with Crippen LogP contribution in [-0.4, -0.2) is 40.5 Å². The van der Waals surface area contributed by atoms with E-state index in [1.165, 1.54) is 12.4 Å². The maximum atomic E-state index is 11.8. The Labute approximate surface area is 136 Å². The van der Waals surface area contributed by atoms with Crippen LogP contribution in [0.3, 0.4) is 0 Å². The van der Waals surface area contributed by atoms with Crippen LogP contribution in [0.15, 0.2) is 22.9 Å². The Bertz CT molecular complexity index is 563. The lowest BCUT2D eigenvalue weighted by Crippen LogP contribution is -2.46. The number of amides is 2. The molecule has 0 saturated heterocycles. The van der Waals surface area contributed by atoms with E-state index in [9.17, 15) is 14.4 Å². The summed E-state index contributed by atoms with van der Waals surface area (Å²) < 4.78 is 0.646. The summed E-state index contributed by atoms with van der Waals surface area (Å²) in [6.07, 6.45) is 3.23. The first-order valence-corrected chi connectivity index (χ1v) is 7.49. The zero-order valence-corrected chi connectivity index (χ0v) is 13.9. The van der Waals surface area contributed by atoms with E-state index in [1.54, 1.807) is 6.07 Å². The summed E-state index contributed by atoms with van der Waals surface area (Å²) in [5.74, 6) is -1.97. The Kier molecular flexibility index (Phi) is 6.97. The average molecular weight is 372 g/mol. The van der Waals surface area contributed by atoms with Gasteiger partial charge in [-0.25, -0.2) is 4.79 Å². The number of carboxylic acid groups (broad SMARTS) is 1. The van der Waals surface area contributed by atoms with E-state index in [0.29, 0.717) is 16.5 Å². The molecule has 1 aromatic rings. The van der Waals surface area contributed by atoms with Gasteiger partial charge in [0.15, 0.2) is 0 Å². The van der Waals surface area contributed by atoms with Gasteiger partial charge in [-0.3, -0.25) is 14.6 Å². The van der Waals surface area contributed by atoms with Crippen LogP contribution in [0.1, 0.15) is 30.6 Å². The Balaban J connectivity index is 2.51. The van der Waals surface area contributed by atoms with Crippen molar-refractivity contribution in [1.82, 2.24) is 15.6 Å². The van der Waals surface area contributed by atoms with Gasteiger partial charge >= 0.3 is 5.97 Å². The van der Waals surface area contributed by atoms with Gasteiger partial charge < -0.3 is 15.7 Å². The third kappa shape index (κ3) is 6.21. The molecular formula is C14H18BrN3O4. The summed E-state index contributed by atoms with van der Waals surface area (Å²) >= 11 is 3.19. The van der Waals surface area contributed by atoms with Gasteiger partial charge in [-0.05, 0) is 34.3 Å². The number of aliphatic carboxylic acids is 1. The van der Waals surface area contributed by atoms with Gasteiger partial charge in [-0.15, -0.1) is 0 Å². The predicted octanol–water partition coefficient (Wildman–Crippen LogP) is 1.19. The minimum Gasteiger partial charge on any atom is -0.480 e. The van der Waals surface area contributed by atoms with Gasteiger partial charge in [0.25, 0.3) is 5.91 Å². The summed E-state index contributed by atoms with van der Waals surface area (Å²) in [6, 6.07) is 0.607. The number of carbonyl (C=O) groups excluding carboxylic acids is 2. The fourth-order valence-corrected chi connectivity index (χ4v) is 2.10. The molecule has 7 nitrogen and oxygen atoms in total. The van der Waals surface area contributed by atoms with Crippen molar-refractivity contribution in [1.29, 1.82) is 0 Å². The molecule has 3 N–H and O–H groups in total. The second-order valence-electron chi connectivity index (χ2n) is 5.16. The molecule has 22 heavy (non-hydrogen) atoms. The topological polar surface area (TPSA) is 108 Å². The van der Waals surface area contributed by atoms with Crippen LogP contribution in [0.5, 0.6) is 0 Å². The van der Waals surface area contributed by atoms with E-state index in [4.69, 9.17) is 5.11 Å². The average Bonchev–Trinajstić information content (AvgIpc) is 2.43. The Morgan fingerprint density at radius 2 is 2.00 bits per heavy atom. The van der Waals surface area contributed by atoms with Crippen molar-refractivity contribution >= 4 is 33.7 Å². The number of rotatable bonds is 7. The number of pyridine rings is 1. The van der Waals surface area contributed by atoms with Crippen LogP contribution >= 0.6 is 15.9 Å². The monoisotopic (exact) mass is 371 g/mol. The van der Waals surface area contributed by atoms with Crippen molar-refractivity contribution in [2.75, 3.05) is 6.54 Å². The van der Waals surface area contributed by atoms with Gasteiger partial charge in [-0.1, -0.05) is 13.8 Å².